The number of thiazole rings is 1. The maximum Gasteiger partial charge on any atom is 0.273 e. The van der Waals surface area contributed by atoms with Gasteiger partial charge in [-0.3, -0.25) is 4.79 Å². The standard InChI is InChI=1S/C23H33N3OS/c1-17(2)22-24-21(16-28-22)23(27)25(4)14-19-9-7-12-26(15-19)13-11-20-10-6-5-8-18(20)3/h5-6,8,10,16-17,19H,7,9,11-15H2,1-4H3/t19-/m0/s1. The van der Waals surface area contributed by atoms with Crippen molar-refractivity contribution in [1.82, 2.24) is 14.8 Å². The van der Waals surface area contributed by atoms with Gasteiger partial charge in [0.15, 0.2) is 0 Å². The molecule has 0 spiro atoms. The van der Waals surface area contributed by atoms with Gasteiger partial charge in [0.1, 0.15) is 5.69 Å². The van der Waals surface area contributed by atoms with E-state index in [1.165, 1.54) is 30.5 Å². The van der Waals surface area contributed by atoms with Gasteiger partial charge in [0.05, 0.1) is 5.01 Å². The molecule has 2 heterocycles. The molecule has 4 nitrogen and oxygen atoms in total. The van der Waals surface area contributed by atoms with Crippen molar-refractivity contribution in [2.45, 2.75) is 46.0 Å². The highest BCUT2D eigenvalue weighted by molar-refractivity contribution is 7.09. The van der Waals surface area contributed by atoms with E-state index in [1.807, 2.05) is 17.3 Å². The summed E-state index contributed by atoms with van der Waals surface area (Å²) in [6.07, 6.45) is 3.52. The zero-order chi connectivity index (χ0) is 20.1. The van der Waals surface area contributed by atoms with E-state index in [0.717, 1.165) is 31.1 Å². The quantitative estimate of drug-likeness (QED) is 0.683. The van der Waals surface area contributed by atoms with Crippen molar-refractivity contribution < 1.29 is 4.79 Å². The van der Waals surface area contributed by atoms with E-state index < -0.39 is 0 Å². The second kappa shape index (κ2) is 9.66. The number of benzene rings is 1. The van der Waals surface area contributed by atoms with E-state index >= 15 is 0 Å². The van der Waals surface area contributed by atoms with Crippen LogP contribution in [0, 0.1) is 12.8 Å². The Hall–Kier alpha value is -1.72. The monoisotopic (exact) mass is 399 g/mol. The van der Waals surface area contributed by atoms with Crippen LogP contribution in [0.4, 0.5) is 0 Å². The summed E-state index contributed by atoms with van der Waals surface area (Å²) >= 11 is 1.59. The van der Waals surface area contributed by atoms with E-state index in [9.17, 15) is 4.79 Å². The largest absolute Gasteiger partial charge is 0.340 e. The Bertz CT molecular complexity index is 786. The van der Waals surface area contributed by atoms with Crippen molar-refractivity contribution >= 4 is 17.2 Å². The van der Waals surface area contributed by atoms with Crippen molar-refractivity contribution in [1.29, 1.82) is 0 Å². The summed E-state index contributed by atoms with van der Waals surface area (Å²) in [5, 5.41) is 2.94. The molecule has 1 aromatic carbocycles. The molecule has 0 radical (unpaired) electrons. The molecule has 3 rings (SSSR count). The van der Waals surface area contributed by atoms with Gasteiger partial charge in [-0.2, -0.15) is 0 Å². The first-order chi connectivity index (χ1) is 13.4. The van der Waals surface area contributed by atoms with Gasteiger partial charge in [0, 0.05) is 38.0 Å². The van der Waals surface area contributed by atoms with E-state index in [2.05, 4.69) is 54.9 Å². The average Bonchev–Trinajstić information content (AvgIpc) is 3.17. The van der Waals surface area contributed by atoms with E-state index in [-0.39, 0.29) is 5.91 Å². The summed E-state index contributed by atoms with van der Waals surface area (Å²) in [6.45, 7) is 10.6. The molecule has 1 fully saturated rings. The molecular formula is C23H33N3OS. The summed E-state index contributed by atoms with van der Waals surface area (Å²) in [4.78, 5) is 21.7. The Labute approximate surface area is 173 Å². The molecule has 1 aliphatic rings. The van der Waals surface area contributed by atoms with Gasteiger partial charge in [-0.15, -0.1) is 11.3 Å². The van der Waals surface area contributed by atoms with E-state index in [0.29, 0.717) is 17.5 Å². The Morgan fingerprint density at radius 1 is 1.36 bits per heavy atom. The van der Waals surface area contributed by atoms with E-state index in [1.54, 1.807) is 11.3 Å². The number of aromatic nitrogens is 1. The van der Waals surface area contributed by atoms with Crippen LogP contribution in [0.15, 0.2) is 29.6 Å². The number of piperidine rings is 1. The minimum atomic E-state index is 0.0557. The average molecular weight is 400 g/mol. The van der Waals surface area contributed by atoms with Crippen LogP contribution in [0.1, 0.15) is 59.2 Å². The molecule has 1 saturated heterocycles. The molecule has 5 heteroatoms. The Balaban J connectivity index is 1.51. The van der Waals surface area contributed by atoms with Crippen LogP contribution < -0.4 is 0 Å². The lowest BCUT2D eigenvalue weighted by atomic mass is 9.96. The smallest absolute Gasteiger partial charge is 0.273 e. The molecule has 1 atom stereocenters. The van der Waals surface area contributed by atoms with E-state index in [4.69, 9.17) is 0 Å². The summed E-state index contributed by atoms with van der Waals surface area (Å²) in [7, 11) is 1.92. The minimum Gasteiger partial charge on any atom is -0.340 e. The van der Waals surface area contributed by atoms with Gasteiger partial charge in [0.25, 0.3) is 5.91 Å². The predicted molar refractivity (Wildman–Crippen MR) is 117 cm³/mol. The molecular weight excluding hydrogens is 366 g/mol. The highest BCUT2D eigenvalue weighted by Gasteiger charge is 2.24. The van der Waals surface area contributed by atoms with Gasteiger partial charge in [-0.05, 0) is 49.8 Å². The molecule has 1 aromatic heterocycles. The van der Waals surface area contributed by atoms with Crippen LogP contribution in [-0.2, 0) is 6.42 Å². The molecule has 28 heavy (non-hydrogen) atoms. The molecule has 0 N–H and O–H groups in total. The van der Waals surface area contributed by atoms with Crippen molar-refractivity contribution in [3.05, 3.63) is 51.5 Å². The molecule has 2 aromatic rings. The number of hydrogen-bond acceptors (Lipinski definition) is 4. The van der Waals surface area contributed by atoms with Crippen LogP contribution in [0.25, 0.3) is 0 Å². The number of aryl methyl sites for hydroxylation is 1. The highest BCUT2D eigenvalue weighted by atomic mass is 32.1. The van der Waals surface area contributed by atoms with Gasteiger partial charge >= 0.3 is 0 Å². The van der Waals surface area contributed by atoms with Crippen LogP contribution in [0.3, 0.4) is 0 Å². The topological polar surface area (TPSA) is 36.4 Å². The molecule has 1 amide bonds. The fraction of sp³-hybridized carbons (Fsp3) is 0.565. The van der Waals surface area contributed by atoms with Crippen LogP contribution >= 0.6 is 11.3 Å². The molecule has 0 unspecified atom stereocenters. The molecule has 0 saturated carbocycles. The van der Waals surface area contributed by atoms with Gasteiger partial charge in [-0.1, -0.05) is 38.1 Å². The first-order valence-electron chi connectivity index (χ1n) is 10.4. The highest BCUT2D eigenvalue weighted by Crippen LogP contribution is 2.22. The van der Waals surface area contributed by atoms with Crippen LogP contribution in [-0.4, -0.2) is 53.9 Å². The lowest BCUT2D eigenvalue weighted by molar-refractivity contribution is 0.0725. The molecule has 0 bridgehead atoms. The predicted octanol–water partition coefficient (Wildman–Crippen LogP) is 4.60. The van der Waals surface area contributed by atoms with Gasteiger partial charge < -0.3 is 9.80 Å². The number of nitrogens with zero attached hydrogens (tertiary/aromatic N) is 3. The van der Waals surface area contributed by atoms with Crippen molar-refractivity contribution in [2.24, 2.45) is 5.92 Å². The Morgan fingerprint density at radius 3 is 2.86 bits per heavy atom. The maximum absolute atomic E-state index is 12.7. The second-order valence-electron chi connectivity index (χ2n) is 8.40. The van der Waals surface area contributed by atoms with Crippen LogP contribution in [0.5, 0.6) is 0 Å². The number of carbonyl (C=O) groups excluding carboxylic acids is 1. The van der Waals surface area contributed by atoms with Crippen LogP contribution in [0.2, 0.25) is 0 Å². The fourth-order valence-corrected chi connectivity index (χ4v) is 4.80. The van der Waals surface area contributed by atoms with Gasteiger partial charge in [0.2, 0.25) is 0 Å². The number of amides is 1. The zero-order valence-electron chi connectivity index (χ0n) is 17.6. The first kappa shape index (κ1) is 21.0. The number of carbonyl (C=O) groups is 1. The number of rotatable bonds is 7. The van der Waals surface area contributed by atoms with Crippen molar-refractivity contribution in [3.63, 3.8) is 0 Å². The lowest BCUT2D eigenvalue weighted by Crippen LogP contribution is -2.42. The van der Waals surface area contributed by atoms with Crippen molar-refractivity contribution in [2.75, 3.05) is 33.2 Å². The third-order valence-electron chi connectivity index (χ3n) is 5.68. The normalized spacial score (nSPS) is 17.8. The molecule has 152 valence electrons. The Kier molecular flexibility index (Phi) is 7.24. The van der Waals surface area contributed by atoms with Crippen molar-refractivity contribution in [3.8, 4) is 0 Å². The summed E-state index contributed by atoms with van der Waals surface area (Å²) in [6, 6.07) is 8.67. The minimum absolute atomic E-state index is 0.0557. The summed E-state index contributed by atoms with van der Waals surface area (Å²) in [5.74, 6) is 0.972. The second-order valence-corrected chi connectivity index (χ2v) is 9.29. The maximum atomic E-state index is 12.7. The number of likely N-dealkylation sites (tertiary alicyclic amines) is 1. The lowest BCUT2D eigenvalue weighted by Gasteiger charge is -2.34. The first-order valence-corrected chi connectivity index (χ1v) is 11.3. The SMILES string of the molecule is Cc1ccccc1CCN1CCC[C@@H](CN(C)C(=O)c2csc(C(C)C)n2)C1. The third-order valence-corrected chi connectivity index (χ3v) is 6.82. The number of hydrogen-bond donors (Lipinski definition) is 0. The summed E-state index contributed by atoms with van der Waals surface area (Å²) in [5.41, 5.74) is 3.43. The molecule has 0 aliphatic carbocycles. The third kappa shape index (κ3) is 5.42. The Morgan fingerprint density at radius 2 is 2.14 bits per heavy atom. The van der Waals surface area contributed by atoms with Gasteiger partial charge in [-0.25, -0.2) is 4.98 Å². The zero-order valence-corrected chi connectivity index (χ0v) is 18.5. The molecule has 1 aliphatic heterocycles. The summed E-state index contributed by atoms with van der Waals surface area (Å²) < 4.78 is 0. The fourth-order valence-electron chi connectivity index (χ4n) is 3.99.